The molecule has 1 aromatic rings. The molecule has 0 unspecified atom stereocenters. The summed E-state index contributed by atoms with van der Waals surface area (Å²) in [7, 11) is 1.65. The van der Waals surface area contributed by atoms with Crippen molar-refractivity contribution in [2.24, 2.45) is 4.99 Å². The molecule has 0 bridgehead atoms. The maximum absolute atomic E-state index is 6.21. The van der Waals surface area contributed by atoms with Gasteiger partial charge in [-0.25, -0.2) is 4.99 Å². The van der Waals surface area contributed by atoms with Gasteiger partial charge in [0.1, 0.15) is 6.61 Å². The number of nitrogens with zero attached hydrogens (tertiary/aromatic N) is 2. The minimum Gasteiger partial charge on any atom is -0.463 e. The molecule has 0 aromatic heterocycles. The molecule has 1 saturated heterocycles. The Morgan fingerprint density at radius 3 is 3.05 bits per heavy atom. The van der Waals surface area contributed by atoms with E-state index >= 15 is 0 Å². The number of halogens is 1. The summed E-state index contributed by atoms with van der Waals surface area (Å²) < 4.78 is 10.6. The molecule has 0 saturated carbocycles. The maximum atomic E-state index is 6.21. The van der Waals surface area contributed by atoms with Gasteiger partial charge in [-0.3, -0.25) is 4.90 Å². The second-order valence-corrected chi connectivity index (χ2v) is 5.63. The van der Waals surface area contributed by atoms with Crippen molar-refractivity contribution in [3.05, 3.63) is 34.9 Å². The largest absolute Gasteiger partial charge is 0.463 e. The lowest BCUT2D eigenvalue weighted by Crippen LogP contribution is -2.42. The van der Waals surface area contributed by atoms with Crippen molar-refractivity contribution in [1.29, 1.82) is 0 Å². The predicted molar refractivity (Wildman–Crippen MR) is 92.4 cm³/mol. The Morgan fingerprint density at radius 1 is 1.55 bits per heavy atom. The molecule has 1 atom stereocenters. The normalized spacial score (nSPS) is 17.4. The lowest BCUT2D eigenvalue weighted by molar-refractivity contribution is 0.203. The Bertz CT molecular complexity index is 553. The first kappa shape index (κ1) is 17.0. The average Bonchev–Trinajstić information content (AvgIpc) is 2.96. The van der Waals surface area contributed by atoms with Gasteiger partial charge in [0.15, 0.2) is 5.11 Å². The van der Waals surface area contributed by atoms with E-state index in [1.807, 2.05) is 36.1 Å². The van der Waals surface area contributed by atoms with Gasteiger partial charge in [-0.2, -0.15) is 0 Å². The smallest absolute Gasteiger partial charge is 0.294 e. The zero-order chi connectivity index (χ0) is 15.9. The molecule has 1 aliphatic rings. The molecule has 22 heavy (non-hydrogen) atoms. The number of hydrogen-bond donors (Lipinski definition) is 1. The van der Waals surface area contributed by atoms with Gasteiger partial charge in [0, 0.05) is 18.7 Å². The second-order valence-electron chi connectivity index (χ2n) is 4.83. The summed E-state index contributed by atoms with van der Waals surface area (Å²) in [5.41, 5.74) is 0.963. The maximum Gasteiger partial charge on any atom is 0.294 e. The van der Waals surface area contributed by atoms with Gasteiger partial charge in [0.25, 0.3) is 6.02 Å². The Balaban J connectivity index is 2.06. The number of rotatable bonds is 5. The summed E-state index contributed by atoms with van der Waals surface area (Å²) in [4.78, 5) is 6.47. The van der Waals surface area contributed by atoms with Crippen LogP contribution < -0.4 is 5.32 Å². The minimum atomic E-state index is -0.105. The molecule has 2 rings (SSSR count). The van der Waals surface area contributed by atoms with Crippen LogP contribution in [-0.4, -0.2) is 49.4 Å². The first-order chi connectivity index (χ1) is 10.6. The van der Waals surface area contributed by atoms with Gasteiger partial charge in [0.05, 0.1) is 19.2 Å². The number of aliphatic imine (C=N–C) groups is 1. The molecule has 120 valence electrons. The van der Waals surface area contributed by atoms with E-state index in [-0.39, 0.29) is 6.04 Å². The minimum absolute atomic E-state index is 0.105. The first-order valence-electron chi connectivity index (χ1n) is 7.13. The molecule has 1 N–H and O–H groups in total. The highest BCUT2D eigenvalue weighted by molar-refractivity contribution is 7.80. The summed E-state index contributed by atoms with van der Waals surface area (Å²) in [5.74, 6) is 0. The van der Waals surface area contributed by atoms with E-state index in [9.17, 15) is 0 Å². The van der Waals surface area contributed by atoms with E-state index < -0.39 is 0 Å². The molecular formula is C15H20ClN3O2S. The number of methoxy groups -OCH3 is 1. The molecule has 5 nitrogen and oxygen atoms in total. The average molecular weight is 342 g/mol. The van der Waals surface area contributed by atoms with Crippen molar-refractivity contribution < 1.29 is 9.47 Å². The number of ether oxygens (including phenoxy) is 2. The van der Waals surface area contributed by atoms with Crippen LogP contribution in [0.5, 0.6) is 0 Å². The van der Waals surface area contributed by atoms with Crippen molar-refractivity contribution >= 4 is 35.0 Å². The van der Waals surface area contributed by atoms with Crippen LogP contribution in [0.3, 0.4) is 0 Å². The predicted octanol–water partition coefficient (Wildman–Crippen LogP) is 2.61. The summed E-state index contributed by atoms with van der Waals surface area (Å²) in [6, 6.07) is 8.10. The quantitative estimate of drug-likeness (QED) is 0.659. The Kier molecular flexibility index (Phi) is 6.42. The standard InChI is InChI=1S/C15H20ClN3O2S/c1-11(12-5-3-4-6-13(12)16)18-14-19(8-10-21-14)15(22)17-7-9-20-2/h3-6,11H,7-10H2,1-2H3,(H,17,22)/b18-14-/t11-/m1/s1. The van der Waals surface area contributed by atoms with Gasteiger partial charge in [-0.15, -0.1) is 0 Å². The highest BCUT2D eigenvalue weighted by atomic mass is 35.5. The fourth-order valence-corrected chi connectivity index (χ4v) is 2.67. The summed E-state index contributed by atoms with van der Waals surface area (Å²) in [5, 5.41) is 4.42. The topological polar surface area (TPSA) is 46.1 Å². The molecule has 0 amide bonds. The third kappa shape index (κ3) is 4.32. The van der Waals surface area contributed by atoms with E-state index in [1.165, 1.54) is 0 Å². The molecule has 1 heterocycles. The molecule has 0 spiro atoms. The lowest BCUT2D eigenvalue weighted by Gasteiger charge is -2.19. The van der Waals surface area contributed by atoms with Crippen LogP contribution in [0.4, 0.5) is 0 Å². The lowest BCUT2D eigenvalue weighted by atomic mass is 10.1. The third-order valence-electron chi connectivity index (χ3n) is 3.26. The van der Waals surface area contributed by atoms with Crippen LogP contribution in [0.1, 0.15) is 18.5 Å². The van der Waals surface area contributed by atoms with Crippen LogP contribution in [0.2, 0.25) is 5.02 Å². The highest BCUT2D eigenvalue weighted by Gasteiger charge is 2.25. The van der Waals surface area contributed by atoms with E-state index in [0.717, 1.165) is 5.56 Å². The van der Waals surface area contributed by atoms with Crippen molar-refractivity contribution in [1.82, 2.24) is 10.2 Å². The number of benzene rings is 1. The van der Waals surface area contributed by atoms with Crippen LogP contribution >= 0.6 is 23.8 Å². The van der Waals surface area contributed by atoms with Crippen LogP contribution in [-0.2, 0) is 9.47 Å². The first-order valence-corrected chi connectivity index (χ1v) is 7.91. The van der Waals surface area contributed by atoms with Gasteiger partial charge >= 0.3 is 0 Å². The summed E-state index contributed by atoms with van der Waals surface area (Å²) in [6.07, 6.45) is 0. The number of hydrogen-bond acceptors (Lipinski definition) is 4. The number of thiocarbonyl (C=S) groups is 1. The van der Waals surface area contributed by atoms with Crippen LogP contribution in [0.15, 0.2) is 29.3 Å². The van der Waals surface area contributed by atoms with E-state index in [1.54, 1.807) is 7.11 Å². The zero-order valence-corrected chi connectivity index (χ0v) is 14.3. The van der Waals surface area contributed by atoms with E-state index in [4.69, 9.17) is 33.3 Å². The number of amidine groups is 1. The van der Waals surface area contributed by atoms with Crippen molar-refractivity contribution in [2.75, 3.05) is 33.4 Å². The van der Waals surface area contributed by atoms with Crippen LogP contribution in [0.25, 0.3) is 0 Å². The van der Waals surface area contributed by atoms with Gasteiger partial charge in [-0.1, -0.05) is 29.8 Å². The van der Waals surface area contributed by atoms with E-state index in [2.05, 4.69) is 10.3 Å². The second kappa shape index (κ2) is 8.31. The van der Waals surface area contributed by atoms with Crippen molar-refractivity contribution in [2.45, 2.75) is 13.0 Å². The Morgan fingerprint density at radius 2 is 2.32 bits per heavy atom. The van der Waals surface area contributed by atoms with Gasteiger partial charge in [0.2, 0.25) is 0 Å². The molecule has 0 radical (unpaired) electrons. The zero-order valence-electron chi connectivity index (χ0n) is 12.7. The number of nitrogens with one attached hydrogen (secondary N) is 1. The molecule has 1 aliphatic heterocycles. The fraction of sp³-hybridized carbons (Fsp3) is 0.467. The summed E-state index contributed by atoms with van der Waals surface area (Å²) >= 11 is 11.6. The fourth-order valence-electron chi connectivity index (χ4n) is 2.10. The monoisotopic (exact) mass is 341 g/mol. The van der Waals surface area contributed by atoms with Crippen molar-refractivity contribution in [3.63, 3.8) is 0 Å². The molecule has 1 fully saturated rings. The van der Waals surface area contributed by atoms with Gasteiger partial charge in [-0.05, 0) is 30.8 Å². The Hall–Kier alpha value is -1.37. The van der Waals surface area contributed by atoms with E-state index in [0.29, 0.717) is 42.5 Å². The Labute approximate surface area is 141 Å². The van der Waals surface area contributed by atoms with Crippen molar-refractivity contribution in [3.8, 4) is 0 Å². The summed E-state index contributed by atoms with van der Waals surface area (Å²) in [6.45, 7) is 4.49. The van der Waals surface area contributed by atoms with Crippen LogP contribution in [0, 0.1) is 0 Å². The van der Waals surface area contributed by atoms with Gasteiger partial charge < -0.3 is 14.8 Å². The molecule has 7 heteroatoms. The SMILES string of the molecule is COCCNC(=S)N1CCO/C1=N\[C@H](C)c1ccccc1Cl. The molecular weight excluding hydrogens is 322 g/mol. The highest BCUT2D eigenvalue weighted by Crippen LogP contribution is 2.25. The third-order valence-corrected chi connectivity index (χ3v) is 3.97. The molecule has 1 aromatic carbocycles. The molecule has 0 aliphatic carbocycles.